The van der Waals surface area contributed by atoms with Crippen LogP contribution in [0.2, 0.25) is 0 Å². The molecule has 2 nitrogen and oxygen atoms in total. The number of anilines is 4. The zero-order valence-electron chi connectivity index (χ0n) is 31.2. The van der Waals surface area contributed by atoms with E-state index in [9.17, 15) is 0 Å². The lowest BCUT2D eigenvalue weighted by Crippen LogP contribution is -2.41. The van der Waals surface area contributed by atoms with Gasteiger partial charge in [-0.3, -0.25) is 0 Å². The molecule has 54 heavy (non-hydrogen) atoms. The van der Waals surface area contributed by atoms with Crippen molar-refractivity contribution in [2.45, 2.75) is 50.1 Å². The highest BCUT2D eigenvalue weighted by molar-refractivity contribution is 8.37. The van der Waals surface area contributed by atoms with Crippen LogP contribution in [0.3, 0.4) is 0 Å². The minimum Gasteiger partial charge on any atom is -0.367 e. The third-order valence-corrected chi connectivity index (χ3v) is 18.6. The molecule has 2 aliphatic rings. The van der Waals surface area contributed by atoms with Gasteiger partial charge in [-0.2, -0.15) is 0 Å². The standard InChI is InChI=1S/C49H45BN2S2/c1-5-9-25-39(8-4)54(41-28-14-11-15-29-41)48-36-22-18-32-44(48)52(45-33-19-23-37-49(45)54)50-51-42-30-16-20-34-46(42)53(38(7-3)24-6-2,40-26-12-10-13-27-40)47-35-21-17-31-43(47)51/h5-37,50H,1H2,2-4H3/b24-6-,25-9-,38-7+,39-8+. The van der Waals surface area contributed by atoms with Crippen LogP contribution in [0.4, 0.5) is 22.7 Å². The van der Waals surface area contributed by atoms with E-state index >= 15 is 0 Å². The Hall–Kier alpha value is -5.62. The Morgan fingerprint density at radius 3 is 1.13 bits per heavy atom. The fourth-order valence-corrected chi connectivity index (χ4v) is 16.9. The third kappa shape index (κ3) is 5.37. The van der Waals surface area contributed by atoms with Crippen molar-refractivity contribution < 1.29 is 0 Å². The summed E-state index contributed by atoms with van der Waals surface area (Å²) in [4.78, 5) is 15.8. The number of rotatable bonds is 9. The van der Waals surface area contributed by atoms with Gasteiger partial charge in [0, 0.05) is 52.1 Å². The van der Waals surface area contributed by atoms with Crippen LogP contribution >= 0.6 is 20.1 Å². The summed E-state index contributed by atoms with van der Waals surface area (Å²) in [5.41, 5.74) is 4.94. The Balaban J connectivity index is 1.39. The van der Waals surface area contributed by atoms with Gasteiger partial charge >= 0.3 is 7.55 Å². The summed E-state index contributed by atoms with van der Waals surface area (Å²) in [6.45, 7) is 10.5. The lowest BCUT2D eigenvalue weighted by atomic mass is 9.96. The van der Waals surface area contributed by atoms with E-state index in [0.717, 1.165) is 0 Å². The molecule has 6 aromatic carbocycles. The first-order valence-corrected chi connectivity index (χ1v) is 21.9. The van der Waals surface area contributed by atoms with Gasteiger partial charge in [0.15, 0.2) is 0 Å². The Morgan fingerprint density at radius 1 is 0.463 bits per heavy atom. The average molecular weight is 737 g/mol. The van der Waals surface area contributed by atoms with E-state index in [-0.39, 0.29) is 0 Å². The summed E-state index contributed by atoms with van der Waals surface area (Å²) in [5.74, 6) is 0. The maximum absolute atomic E-state index is 4.04. The fraction of sp³-hybridized carbons (Fsp3) is 0.0612. The van der Waals surface area contributed by atoms with Gasteiger partial charge in [-0.1, -0.05) is 128 Å². The molecular weight excluding hydrogens is 691 g/mol. The van der Waals surface area contributed by atoms with Crippen LogP contribution in [0, 0.1) is 0 Å². The second-order valence-electron chi connectivity index (χ2n) is 13.2. The first kappa shape index (κ1) is 35.4. The normalized spacial score (nSPS) is 16.9. The molecule has 0 unspecified atom stereocenters. The number of nitrogens with zero attached hydrogens (tertiary/aromatic N) is 2. The maximum Gasteiger partial charge on any atom is 0.366 e. The molecule has 0 N–H and O–H groups in total. The van der Waals surface area contributed by atoms with Crippen LogP contribution in [-0.4, -0.2) is 7.55 Å². The smallest absolute Gasteiger partial charge is 0.366 e. The summed E-state index contributed by atoms with van der Waals surface area (Å²) in [5, 5.41) is 0. The topological polar surface area (TPSA) is 6.48 Å². The van der Waals surface area contributed by atoms with Crippen LogP contribution < -0.4 is 9.62 Å². The Labute approximate surface area is 325 Å². The highest BCUT2D eigenvalue weighted by Gasteiger charge is 2.46. The fourth-order valence-electron chi connectivity index (χ4n) is 8.31. The van der Waals surface area contributed by atoms with Crippen molar-refractivity contribution in [3.05, 3.63) is 217 Å². The van der Waals surface area contributed by atoms with E-state index < -0.39 is 20.1 Å². The van der Waals surface area contributed by atoms with Crippen molar-refractivity contribution >= 4 is 50.4 Å². The van der Waals surface area contributed by atoms with Gasteiger partial charge in [0.05, 0.1) is 0 Å². The highest BCUT2D eigenvalue weighted by atomic mass is 32.3. The van der Waals surface area contributed by atoms with Gasteiger partial charge in [0.25, 0.3) is 0 Å². The van der Waals surface area contributed by atoms with Crippen molar-refractivity contribution in [1.29, 1.82) is 0 Å². The Morgan fingerprint density at radius 2 is 0.796 bits per heavy atom. The highest BCUT2D eigenvalue weighted by Crippen LogP contribution is 2.81. The van der Waals surface area contributed by atoms with Crippen molar-refractivity contribution in [2.24, 2.45) is 0 Å². The van der Waals surface area contributed by atoms with Gasteiger partial charge in [0.2, 0.25) is 0 Å². The molecule has 0 aliphatic carbocycles. The minimum atomic E-state index is -1.87. The van der Waals surface area contributed by atoms with Crippen LogP contribution in [0.25, 0.3) is 0 Å². The van der Waals surface area contributed by atoms with E-state index in [4.69, 9.17) is 0 Å². The molecule has 0 amide bonds. The number of para-hydroxylation sites is 4. The number of hydrogen-bond acceptors (Lipinski definition) is 2. The predicted octanol–water partition coefficient (Wildman–Crippen LogP) is 14.2. The maximum atomic E-state index is 4.04. The molecule has 0 radical (unpaired) electrons. The Bertz CT molecular complexity index is 2350. The first-order chi connectivity index (χ1) is 26.7. The molecule has 0 fully saturated rings. The van der Waals surface area contributed by atoms with Gasteiger partial charge in [0.1, 0.15) is 0 Å². The van der Waals surface area contributed by atoms with E-state index in [1.165, 1.54) is 61.9 Å². The second-order valence-corrected chi connectivity index (χ2v) is 19.3. The summed E-state index contributed by atoms with van der Waals surface area (Å²) in [6, 6.07) is 58.7. The van der Waals surface area contributed by atoms with Crippen molar-refractivity contribution in [1.82, 2.24) is 0 Å². The SMILES string of the molecule is C=C/C=C\C(=C/C)S1(c2ccccc2)c2ccccc2N(BN2c3ccccc3S(C(/C=C\C)=C/C)(c3ccccc3)c3ccccc32)c2ccccc21. The number of hydrogen-bond donors (Lipinski definition) is 0. The molecule has 2 aliphatic heterocycles. The molecule has 8 rings (SSSR count). The third-order valence-electron chi connectivity index (χ3n) is 10.4. The molecule has 0 atom stereocenters. The van der Waals surface area contributed by atoms with Gasteiger partial charge in [-0.15, -0.1) is 20.1 Å². The van der Waals surface area contributed by atoms with Crippen molar-refractivity contribution in [3.63, 3.8) is 0 Å². The molecule has 266 valence electrons. The van der Waals surface area contributed by atoms with E-state index in [1.807, 2.05) is 6.08 Å². The molecule has 0 bridgehead atoms. The summed E-state index contributed by atoms with van der Waals surface area (Å²) in [7, 11) is -3.06. The monoisotopic (exact) mass is 736 g/mol. The predicted molar refractivity (Wildman–Crippen MR) is 237 cm³/mol. The molecule has 0 aromatic heterocycles. The summed E-state index contributed by atoms with van der Waals surface area (Å²) >= 11 is 0. The van der Waals surface area contributed by atoms with E-state index in [2.05, 4.69) is 231 Å². The molecule has 2 heterocycles. The first-order valence-electron chi connectivity index (χ1n) is 18.6. The summed E-state index contributed by atoms with van der Waals surface area (Å²) in [6.07, 6.45) is 15.4. The lowest BCUT2D eigenvalue weighted by molar-refractivity contribution is 1.14. The zero-order valence-corrected chi connectivity index (χ0v) is 32.8. The number of allylic oxidation sites excluding steroid dienone is 7. The van der Waals surface area contributed by atoms with E-state index in [0.29, 0.717) is 7.55 Å². The number of benzene rings is 6. The van der Waals surface area contributed by atoms with Crippen LogP contribution in [-0.2, 0) is 0 Å². The molecule has 0 saturated carbocycles. The Kier molecular flexibility index (Phi) is 9.85. The van der Waals surface area contributed by atoms with Crippen LogP contribution in [0.1, 0.15) is 20.8 Å². The number of fused-ring (bicyclic) bond motifs is 4. The summed E-state index contributed by atoms with van der Waals surface area (Å²) < 4.78 is 0. The largest absolute Gasteiger partial charge is 0.367 e. The zero-order chi connectivity index (χ0) is 37.1. The van der Waals surface area contributed by atoms with Gasteiger partial charge in [-0.05, 0) is 109 Å². The van der Waals surface area contributed by atoms with Crippen molar-refractivity contribution in [3.8, 4) is 0 Å². The van der Waals surface area contributed by atoms with Crippen LogP contribution in [0.15, 0.2) is 246 Å². The minimum absolute atomic E-state index is 0.638. The lowest BCUT2D eigenvalue weighted by Gasteiger charge is -2.53. The molecular formula is C49H45BN2S2. The molecule has 5 heteroatoms. The van der Waals surface area contributed by atoms with Gasteiger partial charge in [-0.25, -0.2) is 0 Å². The van der Waals surface area contributed by atoms with E-state index in [1.54, 1.807) is 0 Å². The molecule has 0 spiro atoms. The van der Waals surface area contributed by atoms with Crippen molar-refractivity contribution in [2.75, 3.05) is 9.62 Å². The van der Waals surface area contributed by atoms with Crippen LogP contribution in [0.5, 0.6) is 0 Å². The average Bonchev–Trinajstić information content (AvgIpc) is 3.24. The molecule has 6 aromatic rings. The molecule has 0 saturated heterocycles. The quantitative estimate of drug-likeness (QED) is 0.108. The van der Waals surface area contributed by atoms with Gasteiger partial charge < -0.3 is 9.62 Å². The second kappa shape index (κ2) is 15.0.